The number of nitrogens with one attached hydrogen (secondary N) is 1. The van der Waals surface area contributed by atoms with Gasteiger partial charge >= 0.3 is 11.7 Å². The van der Waals surface area contributed by atoms with Crippen LogP contribution in [0.15, 0.2) is 46.1 Å². The van der Waals surface area contributed by atoms with Gasteiger partial charge in [-0.15, -0.1) is 0 Å². The SMILES string of the molecule is CC(=O)OC[C@H]1O[C@@H](n2cc(F)c(=O)[nH]c2=O)[C@H](O)[C@@H]1OCc1ccccc1. The molecule has 0 amide bonds. The van der Waals surface area contributed by atoms with Crippen LogP contribution in [-0.2, 0) is 25.6 Å². The summed E-state index contributed by atoms with van der Waals surface area (Å²) in [5, 5.41) is 10.6. The second-order valence-corrected chi connectivity index (χ2v) is 6.26. The van der Waals surface area contributed by atoms with Gasteiger partial charge in [0, 0.05) is 6.92 Å². The molecule has 10 heteroatoms. The van der Waals surface area contributed by atoms with Gasteiger partial charge in [0.1, 0.15) is 24.9 Å². The average Bonchev–Trinajstić information content (AvgIpc) is 2.97. The first-order valence-electron chi connectivity index (χ1n) is 8.50. The molecule has 9 nitrogen and oxygen atoms in total. The second kappa shape index (κ2) is 8.46. The number of hydrogen-bond donors (Lipinski definition) is 2. The van der Waals surface area contributed by atoms with Crippen molar-refractivity contribution in [3.05, 3.63) is 68.7 Å². The minimum absolute atomic E-state index is 0.129. The van der Waals surface area contributed by atoms with Crippen molar-refractivity contribution in [1.82, 2.24) is 9.55 Å². The van der Waals surface area contributed by atoms with E-state index >= 15 is 0 Å². The molecule has 0 unspecified atom stereocenters. The number of nitrogens with zero attached hydrogens (tertiary/aromatic N) is 1. The summed E-state index contributed by atoms with van der Waals surface area (Å²) in [4.78, 5) is 36.2. The third-order valence-corrected chi connectivity index (χ3v) is 4.24. The van der Waals surface area contributed by atoms with Gasteiger partial charge < -0.3 is 19.3 Å². The summed E-state index contributed by atoms with van der Waals surface area (Å²) < 4.78 is 30.6. The number of H-pyrrole nitrogens is 1. The zero-order valence-corrected chi connectivity index (χ0v) is 14.9. The van der Waals surface area contributed by atoms with E-state index in [1.54, 1.807) is 4.98 Å². The first-order valence-corrected chi connectivity index (χ1v) is 8.50. The Bertz CT molecular complexity index is 943. The van der Waals surface area contributed by atoms with E-state index in [-0.39, 0.29) is 13.2 Å². The molecular formula is C18H19FN2O7. The van der Waals surface area contributed by atoms with Crippen molar-refractivity contribution in [2.75, 3.05) is 6.61 Å². The Labute approximate surface area is 158 Å². The normalized spacial score (nSPS) is 24.2. The molecule has 0 spiro atoms. The lowest BCUT2D eigenvalue weighted by atomic mass is 10.1. The lowest BCUT2D eigenvalue weighted by molar-refractivity contribution is -0.148. The third-order valence-electron chi connectivity index (χ3n) is 4.24. The van der Waals surface area contributed by atoms with Crippen molar-refractivity contribution in [2.24, 2.45) is 0 Å². The molecule has 1 saturated heterocycles. The van der Waals surface area contributed by atoms with Crippen LogP contribution in [0.1, 0.15) is 18.7 Å². The Balaban J connectivity index is 1.83. The number of aromatic amines is 1. The first kappa shape index (κ1) is 19.9. The topological polar surface area (TPSA) is 120 Å². The molecule has 1 fully saturated rings. The molecule has 0 bridgehead atoms. The van der Waals surface area contributed by atoms with Crippen LogP contribution in [0.5, 0.6) is 0 Å². The molecule has 28 heavy (non-hydrogen) atoms. The number of halogens is 1. The fraction of sp³-hybridized carbons (Fsp3) is 0.389. The van der Waals surface area contributed by atoms with Gasteiger partial charge in [-0.25, -0.2) is 4.79 Å². The number of carbonyl (C=O) groups is 1. The fourth-order valence-electron chi connectivity index (χ4n) is 2.91. The Morgan fingerprint density at radius 3 is 2.71 bits per heavy atom. The summed E-state index contributed by atoms with van der Waals surface area (Å²) in [6, 6.07) is 9.13. The van der Waals surface area contributed by atoms with Crippen LogP contribution < -0.4 is 11.2 Å². The van der Waals surface area contributed by atoms with E-state index in [2.05, 4.69) is 0 Å². The van der Waals surface area contributed by atoms with Crippen LogP contribution in [0.2, 0.25) is 0 Å². The van der Waals surface area contributed by atoms with Gasteiger partial charge in [-0.2, -0.15) is 4.39 Å². The van der Waals surface area contributed by atoms with Crippen molar-refractivity contribution < 1.29 is 28.5 Å². The number of esters is 1. The monoisotopic (exact) mass is 394 g/mol. The van der Waals surface area contributed by atoms with Crippen molar-refractivity contribution >= 4 is 5.97 Å². The first-order chi connectivity index (χ1) is 13.4. The molecule has 1 aliphatic rings. The van der Waals surface area contributed by atoms with Crippen molar-refractivity contribution in [3.8, 4) is 0 Å². The molecule has 0 saturated carbocycles. The van der Waals surface area contributed by atoms with Crippen LogP contribution >= 0.6 is 0 Å². The molecule has 150 valence electrons. The predicted molar refractivity (Wildman–Crippen MR) is 92.8 cm³/mol. The molecule has 2 N–H and O–H groups in total. The Morgan fingerprint density at radius 1 is 1.32 bits per heavy atom. The van der Waals surface area contributed by atoms with Gasteiger partial charge in [0.25, 0.3) is 5.56 Å². The Morgan fingerprint density at radius 2 is 2.04 bits per heavy atom. The molecule has 1 aromatic heterocycles. The number of aliphatic hydroxyl groups excluding tert-OH is 1. The lowest BCUT2D eigenvalue weighted by Gasteiger charge is -2.21. The predicted octanol–water partition coefficient (Wildman–Crippen LogP) is 0.0825. The summed E-state index contributed by atoms with van der Waals surface area (Å²) >= 11 is 0. The smallest absolute Gasteiger partial charge is 0.330 e. The highest BCUT2D eigenvalue weighted by atomic mass is 19.1. The van der Waals surface area contributed by atoms with Crippen LogP contribution in [-0.4, -0.2) is 45.5 Å². The summed E-state index contributed by atoms with van der Waals surface area (Å²) in [6.07, 6.45) is -3.94. The highest BCUT2D eigenvalue weighted by Gasteiger charge is 2.46. The number of rotatable bonds is 6. The van der Waals surface area contributed by atoms with Crippen molar-refractivity contribution in [1.29, 1.82) is 0 Å². The van der Waals surface area contributed by atoms with Crippen LogP contribution in [0.3, 0.4) is 0 Å². The van der Waals surface area contributed by atoms with Crippen LogP contribution in [0, 0.1) is 5.82 Å². The molecule has 0 aliphatic carbocycles. The molecular weight excluding hydrogens is 375 g/mol. The zero-order valence-electron chi connectivity index (χ0n) is 14.9. The lowest BCUT2D eigenvalue weighted by Crippen LogP contribution is -2.40. The Kier molecular flexibility index (Phi) is 6.02. The molecule has 1 aliphatic heterocycles. The number of benzene rings is 1. The number of hydrogen-bond acceptors (Lipinski definition) is 7. The van der Waals surface area contributed by atoms with Crippen LogP contribution in [0.4, 0.5) is 4.39 Å². The summed E-state index contributed by atoms with van der Waals surface area (Å²) in [5.74, 6) is -1.77. The average molecular weight is 394 g/mol. The minimum atomic E-state index is -1.38. The van der Waals surface area contributed by atoms with Crippen molar-refractivity contribution in [3.63, 3.8) is 0 Å². The van der Waals surface area contributed by atoms with Gasteiger partial charge in [0.05, 0.1) is 12.8 Å². The van der Waals surface area contributed by atoms with E-state index in [0.29, 0.717) is 6.20 Å². The molecule has 2 heterocycles. The van der Waals surface area contributed by atoms with Crippen molar-refractivity contribution in [2.45, 2.75) is 38.1 Å². The van der Waals surface area contributed by atoms with E-state index in [4.69, 9.17) is 14.2 Å². The summed E-state index contributed by atoms with van der Waals surface area (Å²) in [5.41, 5.74) is -1.30. The number of aliphatic hydroxyl groups is 1. The van der Waals surface area contributed by atoms with E-state index in [1.165, 1.54) is 6.92 Å². The molecule has 4 atom stereocenters. The highest BCUT2D eigenvalue weighted by molar-refractivity contribution is 5.65. The molecule has 2 aromatic rings. The van der Waals surface area contributed by atoms with E-state index < -0.39 is 47.6 Å². The quantitative estimate of drug-likeness (QED) is 0.666. The zero-order chi connectivity index (χ0) is 20.3. The maximum atomic E-state index is 13.6. The molecule has 1 aromatic carbocycles. The standard InChI is InChI=1S/C18H19FN2O7/c1-10(22)26-9-13-15(27-8-11-5-3-2-4-6-11)14(23)17(28-13)21-7-12(19)16(24)20-18(21)25/h2-7,13-15,17,23H,8-9H2,1H3,(H,20,24,25)/t13-,14-,15-,17-/m1/s1. The van der Waals surface area contributed by atoms with Gasteiger partial charge in [-0.05, 0) is 5.56 Å². The van der Waals surface area contributed by atoms with Gasteiger partial charge in [-0.1, -0.05) is 30.3 Å². The van der Waals surface area contributed by atoms with Gasteiger partial charge in [0.2, 0.25) is 5.82 Å². The van der Waals surface area contributed by atoms with E-state index in [1.807, 2.05) is 30.3 Å². The minimum Gasteiger partial charge on any atom is -0.463 e. The molecule has 3 rings (SSSR count). The van der Waals surface area contributed by atoms with Gasteiger partial charge in [-0.3, -0.25) is 19.1 Å². The van der Waals surface area contributed by atoms with E-state index in [9.17, 15) is 23.9 Å². The number of aromatic nitrogens is 2. The third kappa shape index (κ3) is 4.35. The maximum absolute atomic E-state index is 13.6. The van der Waals surface area contributed by atoms with Crippen LogP contribution in [0.25, 0.3) is 0 Å². The summed E-state index contributed by atoms with van der Waals surface area (Å²) in [7, 11) is 0. The highest BCUT2D eigenvalue weighted by Crippen LogP contribution is 2.31. The number of carbonyl (C=O) groups excluding carboxylic acids is 1. The number of ether oxygens (including phenoxy) is 3. The molecule has 0 radical (unpaired) electrons. The second-order valence-electron chi connectivity index (χ2n) is 6.26. The van der Waals surface area contributed by atoms with Gasteiger partial charge in [0.15, 0.2) is 6.23 Å². The largest absolute Gasteiger partial charge is 0.463 e. The Hall–Kier alpha value is -2.82. The fourth-order valence-corrected chi connectivity index (χ4v) is 2.91. The van der Waals surface area contributed by atoms with E-state index in [0.717, 1.165) is 10.1 Å². The summed E-state index contributed by atoms with van der Waals surface area (Å²) in [6.45, 7) is 1.11. The maximum Gasteiger partial charge on any atom is 0.330 e.